The van der Waals surface area contributed by atoms with Crippen LogP contribution in [0.4, 0.5) is 0 Å². The van der Waals surface area contributed by atoms with Crippen LogP contribution in [0.15, 0.2) is 46.9 Å². The van der Waals surface area contributed by atoms with Crippen molar-refractivity contribution in [1.29, 1.82) is 0 Å². The summed E-state index contributed by atoms with van der Waals surface area (Å²) in [5.74, 6) is 1.76. The highest BCUT2D eigenvalue weighted by atomic mass is 79.9. The number of halogens is 1. The topological polar surface area (TPSA) is 42.0 Å². The van der Waals surface area contributed by atoms with Crippen LogP contribution in [0.3, 0.4) is 0 Å². The zero-order chi connectivity index (χ0) is 17.9. The average molecular weight is 417 g/mol. The first-order valence-corrected chi connectivity index (χ1v) is 9.64. The van der Waals surface area contributed by atoms with Gasteiger partial charge in [-0.05, 0) is 35.9 Å². The Kier molecular flexibility index (Phi) is 5.13. The number of ether oxygens (including phenoxy) is 2. The summed E-state index contributed by atoms with van der Waals surface area (Å²) >= 11 is 3.43. The minimum atomic E-state index is 0.102. The highest BCUT2D eigenvalue weighted by molar-refractivity contribution is 9.10. The van der Waals surface area contributed by atoms with E-state index in [2.05, 4.69) is 33.0 Å². The molecule has 1 saturated heterocycles. The number of carbonyl (C=O) groups excluding carboxylic acids is 1. The number of benzene rings is 2. The normalized spacial score (nSPS) is 17.2. The highest BCUT2D eigenvalue weighted by Crippen LogP contribution is 2.31. The lowest BCUT2D eigenvalue weighted by Gasteiger charge is -2.35. The van der Waals surface area contributed by atoms with E-state index in [-0.39, 0.29) is 5.91 Å². The molecule has 0 N–H and O–H groups in total. The molecule has 0 unspecified atom stereocenters. The lowest BCUT2D eigenvalue weighted by molar-refractivity contribution is 0.0628. The Morgan fingerprint density at radius 1 is 0.962 bits per heavy atom. The molecule has 2 aliphatic rings. The van der Waals surface area contributed by atoms with E-state index in [4.69, 9.17) is 9.47 Å². The number of nitrogens with zero attached hydrogens (tertiary/aromatic N) is 2. The van der Waals surface area contributed by atoms with Gasteiger partial charge in [-0.3, -0.25) is 9.69 Å². The van der Waals surface area contributed by atoms with E-state index in [0.717, 1.165) is 54.3 Å². The van der Waals surface area contributed by atoms with Crippen molar-refractivity contribution < 1.29 is 14.3 Å². The molecule has 0 aromatic heterocycles. The van der Waals surface area contributed by atoms with E-state index in [1.807, 2.05) is 35.2 Å². The van der Waals surface area contributed by atoms with Crippen LogP contribution < -0.4 is 9.47 Å². The van der Waals surface area contributed by atoms with E-state index in [1.165, 1.54) is 5.56 Å². The first kappa shape index (κ1) is 17.4. The Morgan fingerprint density at radius 2 is 1.73 bits per heavy atom. The van der Waals surface area contributed by atoms with Crippen molar-refractivity contribution in [1.82, 2.24) is 9.80 Å². The van der Waals surface area contributed by atoms with E-state index < -0.39 is 0 Å². The fraction of sp³-hybridized carbons (Fsp3) is 0.350. The van der Waals surface area contributed by atoms with Crippen molar-refractivity contribution in [3.05, 3.63) is 58.1 Å². The number of piperazine rings is 1. The Labute approximate surface area is 161 Å². The van der Waals surface area contributed by atoms with Crippen LogP contribution in [0.1, 0.15) is 15.9 Å². The van der Waals surface area contributed by atoms with Crippen LogP contribution in [-0.4, -0.2) is 55.1 Å². The van der Waals surface area contributed by atoms with Crippen molar-refractivity contribution in [3.63, 3.8) is 0 Å². The second kappa shape index (κ2) is 7.68. The van der Waals surface area contributed by atoms with Crippen molar-refractivity contribution in [2.24, 2.45) is 0 Å². The summed E-state index contributed by atoms with van der Waals surface area (Å²) in [6.07, 6.45) is 0. The summed E-state index contributed by atoms with van der Waals surface area (Å²) < 4.78 is 12.2. The molecule has 5 nitrogen and oxygen atoms in total. The molecule has 1 fully saturated rings. The minimum absolute atomic E-state index is 0.102. The Bertz CT molecular complexity index is 803. The Hall–Kier alpha value is -2.05. The fourth-order valence-electron chi connectivity index (χ4n) is 3.36. The monoisotopic (exact) mass is 416 g/mol. The fourth-order valence-corrected chi connectivity index (χ4v) is 3.76. The Balaban J connectivity index is 1.34. The molecular formula is C20H21BrN2O3. The molecule has 0 bridgehead atoms. The molecule has 0 aliphatic carbocycles. The molecule has 2 aromatic carbocycles. The van der Waals surface area contributed by atoms with Crippen LogP contribution >= 0.6 is 15.9 Å². The zero-order valence-electron chi connectivity index (χ0n) is 14.5. The van der Waals surface area contributed by atoms with Crippen molar-refractivity contribution in [3.8, 4) is 11.5 Å². The molecule has 2 heterocycles. The van der Waals surface area contributed by atoms with Crippen LogP contribution in [0.5, 0.6) is 11.5 Å². The van der Waals surface area contributed by atoms with E-state index in [9.17, 15) is 4.79 Å². The quantitative estimate of drug-likeness (QED) is 0.770. The molecular weight excluding hydrogens is 396 g/mol. The molecule has 26 heavy (non-hydrogen) atoms. The first-order valence-electron chi connectivity index (χ1n) is 8.85. The first-order chi connectivity index (χ1) is 12.7. The number of hydrogen-bond acceptors (Lipinski definition) is 4. The van der Waals surface area contributed by atoms with Gasteiger partial charge in [0.15, 0.2) is 11.5 Å². The second-order valence-corrected chi connectivity index (χ2v) is 7.47. The van der Waals surface area contributed by atoms with Gasteiger partial charge in [0.25, 0.3) is 5.91 Å². The molecule has 6 heteroatoms. The molecule has 136 valence electrons. The summed E-state index contributed by atoms with van der Waals surface area (Å²) in [4.78, 5) is 16.9. The molecule has 1 amide bonds. The Morgan fingerprint density at radius 3 is 2.50 bits per heavy atom. The summed E-state index contributed by atoms with van der Waals surface area (Å²) in [5, 5.41) is 0. The van der Waals surface area contributed by atoms with Gasteiger partial charge in [0, 0.05) is 42.8 Å². The number of rotatable bonds is 3. The van der Waals surface area contributed by atoms with Crippen LogP contribution in [0.2, 0.25) is 0 Å². The summed E-state index contributed by atoms with van der Waals surface area (Å²) in [6, 6.07) is 13.7. The molecule has 0 spiro atoms. The largest absolute Gasteiger partial charge is 0.486 e. The lowest BCUT2D eigenvalue weighted by Crippen LogP contribution is -2.48. The van der Waals surface area contributed by atoms with Gasteiger partial charge in [0.1, 0.15) is 13.2 Å². The third-order valence-electron chi connectivity index (χ3n) is 4.74. The number of amides is 1. The predicted octanol–water partition coefficient (Wildman–Crippen LogP) is 3.18. The maximum Gasteiger partial charge on any atom is 0.253 e. The predicted molar refractivity (Wildman–Crippen MR) is 103 cm³/mol. The summed E-state index contributed by atoms with van der Waals surface area (Å²) in [5.41, 5.74) is 1.95. The van der Waals surface area contributed by atoms with Crippen LogP contribution in [0, 0.1) is 0 Å². The van der Waals surface area contributed by atoms with Gasteiger partial charge in [-0.2, -0.15) is 0 Å². The summed E-state index contributed by atoms with van der Waals surface area (Å²) in [7, 11) is 0. The third kappa shape index (κ3) is 3.86. The van der Waals surface area contributed by atoms with Gasteiger partial charge < -0.3 is 14.4 Å². The highest BCUT2D eigenvalue weighted by Gasteiger charge is 2.22. The molecule has 0 saturated carbocycles. The smallest absolute Gasteiger partial charge is 0.253 e. The summed E-state index contributed by atoms with van der Waals surface area (Å²) in [6.45, 7) is 5.30. The maximum absolute atomic E-state index is 12.6. The maximum atomic E-state index is 12.6. The number of hydrogen-bond donors (Lipinski definition) is 0. The van der Waals surface area contributed by atoms with Crippen LogP contribution in [0.25, 0.3) is 0 Å². The molecule has 2 aromatic rings. The van der Waals surface area contributed by atoms with E-state index in [0.29, 0.717) is 13.2 Å². The molecule has 0 atom stereocenters. The number of carbonyl (C=O) groups is 1. The molecule has 0 radical (unpaired) electrons. The standard InChI is InChI=1S/C20H21BrN2O3/c21-17-3-1-2-16(13-17)20(24)23-8-6-22(7-9-23)14-15-4-5-18-19(12-15)26-11-10-25-18/h1-5,12-13H,6-11,14H2. The van der Waals surface area contributed by atoms with Gasteiger partial charge >= 0.3 is 0 Å². The van der Waals surface area contributed by atoms with Crippen molar-refractivity contribution >= 4 is 21.8 Å². The van der Waals surface area contributed by atoms with Gasteiger partial charge in [-0.15, -0.1) is 0 Å². The zero-order valence-corrected chi connectivity index (χ0v) is 16.1. The van der Waals surface area contributed by atoms with Crippen molar-refractivity contribution in [2.75, 3.05) is 39.4 Å². The molecule has 2 aliphatic heterocycles. The third-order valence-corrected chi connectivity index (χ3v) is 5.24. The van der Waals surface area contributed by atoms with E-state index >= 15 is 0 Å². The van der Waals surface area contributed by atoms with Gasteiger partial charge in [0.05, 0.1) is 0 Å². The minimum Gasteiger partial charge on any atom is -0.486 e. The average Bonchev–Trinajstić information content (AvgIpc) is 2.68. The van der Waals surface area contributed by atoms with Gasteiger partial charge in [-0.1, -0.05) is 28.1 Å². The van der Waals surface area contributed by atoms with E-state index in [1.54, 1.807) is 0 Å². The molecule has 4 rings (SSSR count). The lowest BCUT2D eigenvalue weighted by atomic mass is 10.1. The van der Waals surface area contributed by atoms with Gasteiger partial charge in [-0.25, -0.2) is 0 Å². The number of fused-ring (bicyclic) bond motifs is 1. The van der Waals surface area contributed by atoms with Gasteiger partial charge in [0.2, 0.25) is 0 Å². The van der Waals surface area contributed by atoms with Crippen molar-refractivity contribution in [2.45, 2.75) is 6.54 Å². The second-order valence-electron chi connectivity index (χ2n) is 6.56. The van der Waals surface area contributed by atoms with Crippen LogP contribution in [-0.2, 0) is 6.54 Å². The SMILES string of the molecule is O=C(c1cccc(Br)c1)N1CCN(Cc2ccc3c(c2)OCCO3)CC1.